The van der Waals surface area contributed by atoms with Crippen LogP contribution >= 0.6 is 0 Å². The van der Waals surface area contributed by atoms with E-state index in [0.29, 0.717) is 17.6 Å². The summed E-state index contributed by atoms with van der Waals surface area (Å²) in [5, 5.41) is 2.40. The molecule has 0 aliphatic heterocycles. The van der Waals surface area contributed by atoms with Crippen LogP contribution in [0.4, 0.5) is 10.1 Å². The summed E-state index contributed by atoms with van der Waals surface area (Å²) in [6.45, 7) is 1.54. The van der Waals surface area contributed by atoms with Gasteiger partial charge in [0.25, 0.3) is 5.91 Å². The van der Waals surface area contributed by atoms with Crippen LogP contribution < -0.4 is 10.1 Å². The van der Waals surface area contributed by atoms with E-state index >= 15 is 0 Å². The molecule has 2 aromatic carbocycles. The van der Waals surface area contributed by atoms with E-state index < -0.39 is 11.7 Å². The topological polar surface area (TPSA) is 55.4 Å². The van der Waals surface area contributed by atoms with Crippen LogP contribution in [0.25, 0.3) is 0 Å². The number of aryl methyl sites for hydroxylation is 1. The summed E-state index contributed by atoms with van der Waals surface area (Å²) >= 11 is 0. The van der Waals surface area contributed by atoms with Crippen LogP contribution in [0, 0.1) is 12.7 Å². The Balaban J connectivity index is 1.99. The summed E-state index contributed by atoms with van der Waals surface area (Å²) in [5.41, 5.74) is 1.37. The lowest BCUT2D eigenvalue weighted by Gasteiger charge is -2.10. The minimum Gasteiger partial charge on any atom is -0.483 e. The summed E-state index contributed by atoms with van der Waals surface area (Å²) in [4.78, 5) is 22.6. The second kappa shape index (κ2) is 6.65. The molecule has 0 saturated carbocycles. The first-order valence-corrected chi connectivity index (χ1v) is 6.33. The fraction of sp³-hybridized carbons (Fsp3) is 0.125. The Kier molecular flexibility index (Phi) is 4.66. The summed E-state index contributed by atoms with van der Waals surface area (Å²) < 4.78 is 18.7. The average molecular weight is 287 g/mol. The van der Waals surface area contributed by atoms with Crippen molar-refractivity contribution in [2.24, 2.45) is 0 Å². The van der Waals surface area contributed by atoms with Crippen LogP contribution in [0.5, 0.6) is 5.75 Å². The number of nitrogens with one attached hydrogen (secondary N) is 1. The molecular weight excluding hydrogens is 273 g/mol. The second-order valence-electron chi connectivity index (χ2n) is 4.48. The highest BCUT2D eigenvalue weighted by molar-refractivity contribution is 5.92. The van der Waals surface area contributed by atoms with E-state index in [1.54, 1.807) is 24.3 Å². The number of benzene rings is 2. The van der Waals surface area contributed by atoms with Crippen LogP contribution in [0.15, 0.2) is 42.5 Å². The Morgan fingerprint density at radius 2 is 2.05 bits per heavy atom. The third-order valence-electron chi connectivity index (χ3n) is 2.80. The van der Waals surface area contributed by atoms with Crippen molar-refractivity contribution in [2.45, 2.75) is 6.92 Å². The lowest BCUT2D eigenvalue weighted by Crippen LogP contribution is -2.21. The molecule has 21 heavy (non-hydrogen) atoms. The van der Waals surface area contributed by atoms with Crippen LogP contribution in [-0.4, -0.2) is 18.8 Å². The Morgan fingerprint density at radius 1 is 1.29 bits per heavy atom. The molecule has 0 aliphatic carbocycles. The molecule has 0 heterocycles. The number of amides is 1. The average Bonchev–Trinajstić information content (AvgIpc) is 2.48. The SMILES string of the molecule is Cc1ccc(OCC(=O)Nc2ccccc2F)c(C=O)c1. The molecule has 4 nitrogen and oxygen atoms in total. The van der Waals surface area contributed by atoms with E-state index in [1.165, 1.54) is 18.2 Å². The summed E-state index contributed by atoms with van der Waals surface area (Å²) in [5.74, 6) is -0.702. The second-order valence-corrected chi connectivity index (χ2v) is 4.48. The molecule has 0 radical (unpaired) electrons. The number of ether oxygens (including phenoxy) is 1. The van der Waals surface area contributed by atoms with Gasteiger partial charge in [0.15, 0.2) is 12.9 Å². The van der Waals surface area contributed by atoms with Gasteiger partial charge in [0.2, 0.25) is 0 Å². The Morgan fingerprint density at radius 3 is 2.76 bits per heavy atom. The predicted molar refractivity (Wildman–Crippen MR) is 77.1 cm³/mol. The first-order valence-electron chi connectivity index (χ1n) is 6.33. The van der Waals surface area contributed by atoms with Gasteiger partial charge in [-0.05, 0) is 31.2 Å². The standard InChI is InChI=1S/C16H14FNO3/c1-11-6-7-15(12(8-11)9-19)21-10-16(20)18-14-5-3-2-4-13(14)17/h2-9H,10H2,1H3,(H,18,20). The molecular formula is C16H14FNO3. The number of halogens is 1. The van der Waals surface area contributed by atoms with Crippen LogP contribution in [-0.2, 0) is 4.79 Å². The minimum atomic E-state index is -0.519. The number of hydrogen-bond donors (Lipinski definition) is 1. The van der Waals surface area contributed by atoms with Crippen molar-refractivity contribution < 1.29 is 18.7 Å². The van der Waals surface area contributed by atoms with Gasteiger partial charge in [-0.25, -0.2) is 4.39 Å². The number of hydrogen-bond acceptors (Lipinski definition) is 3. The lowest BCUT2D eigenvalue weighted by molar-refractivity contribution is -0.118. The van der Waals surface area contributed by atoms with Crippen molar-refractivity contribution in [1.29, 1.82) is 0 Å². The number of aldehydes is 1. The van der Waals surface area contributed by atoms with Gasteiger partial charge in [0.1, 0.15) is 11.6 Å². The normalized spacial score (nSPS) is 10.0. The molecule has 5 heteroatoms. The molecule has 2 rings (SSSR count). The molecule has 0 saturated heterocycles. The van der Waals surface area contributed by atoms with Crippen molar-refractivity contribution >= 4 is 17.9 Å². The number of para-hydroxylation sites is 1. The van der Waals surface area contributed by atoms with Crippen molar-refractivity contribution in [1.82, 2.24) is 0 Å². The highest BCUT2D eigenvalue weighted by Crippen LogP contribution is 2.18. The number of anilines is 1. The fourth-order valence-corrected chi connectivity index (χ4v) is 1.78. The molecule has 0 spiro atoms. The Hall–Kier alpha value is -2.69. The number of carbonyl (C=O) groups excluding carboxylic acids is 2. The molecule has 0 bridgehead atoms. The summed E-state index contributed by atoms with van der Waals surface area (Å²) in [7, 11) is 0. The fourth-order valence-electron chi connectivity index (χ4n) is 1.78. The highest BCUT2D eigenvalue weighted by atomic mass is 19.1. The molecule has 1 amide bonds. The van der Waals surface area contributed by atoms with E-state index in [1.807, 2.05) is 6.92 Å². The molecule has 0 atom stereocenters. The van der Waals surface area contributed by atoms with Gasteiger partial charge in [-0.3, -0.25) is 9.59 Å². The van der Waals surface area contributed by atoms with Crippen molar-refractivity contribution in [3.05, 3.63) is 59.4 Å². The van der Waals surface area contributed by atoms with Gasteiger partial charge in [0.05, 0.1) is 11.3 Å². The Labute approximate surface area is 121 Å². The smallest absolute Gasteiger partial charge is 0.262 e. The third-order valence-corrected chi connectivity index (χ3v) is 2.80. The first-order chi connectivity index (χ1) is 10.1. The number of carbonyl (C=O) groups is 2. The predicted octanol–water partition coefficient (Wildman–Crippen LogP) is 2.96. The van der Waals surface area contributed by atoms with E-state index in [9.17, 15) is 14.0 Å². The zero-order valence-corrected chi connectivity index (χ0v) is 11.4. The third kappa shape index (κ3) is 3.89. The summed E-state index contributed by atoms with van der Waals surface area (Å²) in [6, 6.07) is 10.9. The molecule has 108 valence electrons. The van der Waals surface area contributed by atoms with E-state index in [0.717, 1.165) is 5.56 Å². The lowest BCUT2D eigenvalue weighted by atomic mass is 10.1. The largest absolute Gasteiger partial charge is 0.483 e. The quantitative estimate of drug-likeness (QED) is 0.860. The molecule has 0 fully saturated rings. The maximum Gasteiger partial charge on any atom is 0.262 e. The van der Waals surface area contributed by atoms with Gasteiger partial charge < -0.3 is 10.1 Å². The van der Waals surface area contributed by atoms with Gasteiger partial charge in [0, 0.05) is 0 Å². The first kappa shape index (κ1) is 14.7. The molecule has 2 aromatic rings. The maximum absolute atomic E-state index is 13.4. The zero-order valence-electron chi connectivity index (χ0n) is 11.4. The monoisotopic (exact) mass is 287 g/mol. The van der Waals surface area contributed by atoms with Gasteiger partial charge >= 0.3 is 0 Å². The van der Waals surface area contributed by atoms with Crippen LogP contribution in [0.3, 0.4) is 0 Å². The van der Waals surface area contributed by atoms with Gasteiger partial charge in [-0.2, -0.15) is 0 Å². The van der Waals surface area contributed by atoms with E-state index in [2.05, 4.69) is 5.32 Å². The molecule has 0 aliphatic rings. The van der Waals surface area contributed by atoms with E-state index in [4.69, 9.17) is 4.74 Å². The highest BCUT2D eigenvalue weighted by Gasteiger charge is 2.09. The molecule has 0 aromatic heterocycles. The van der Waals surface area contributed by atoms with E-state index in [-0.39, 0.29) is 12.3 Å². The van der Waals surface area contributed by atoms with Gasteiger partial charge in [-0.15, -0.1) is 0 Å². The minimum absolute atomic E-state index is 0.0885. The molecule has 0 unspecified atom stereocenters. The van der Waals surface area contributed by atoms with Crippen LogP contribution in [0.2, 0.25) is 0 Å². The number of rotatable bonds is 5. The maximum atomic E-state index is 13.4. The van der Waals surface area contributed by atoms with Gasteiger partial charge in [-0.1, -0.05) is 23.8 Å². The summed E-state index contributed by atoms with van der Waals surface area (Å²) in [6.07, 6.45) is 0.664. The zero-order chi connectivity index (χ0) is 15.2. The van der Waals surface area contributed by atoms with Crippen molar-refractivity contribution in [3.8, 4) is 5.75 Å². The molecule has 1 N–H and O–H groups in total. The van der Waals surface area contributed by atoms with Crippen LogP contribution in [0.1, 0.15) is 15.9 Å². The Bertz CT molecular complexity index is 670. The van der Waals surface area contributed by atoms with Crippen molar-refractivity contribution in [2.75, 3.05) is 11.9 Å². The van der Waals surface area contributed by atoms with Crippen molar-refractivity contribution in [3.63, 3.8) is 0 Å².